The van der Waals surface area contributed by atoms with Crippen LogP contribution in [0.2, 0.25) is 5.02 Å². The van der Waals surface area contributed by atoms with Gasteiger partial charge in [-0.1, -0.05) is 17.7 Å². The van der Waals surface area contributed by atoms with Gasteiger partial charge >= 0.3 is 0 Å². The molecule has 174 valence electrons. The first-order valence-electron chi connectivity index (χ1n) is 10.5. The molecule has 33 heavy (non-hydrogen) atoms. The van der Waals surface area contributed by atoms with Crippen molar-refractivity contribution in [1.29, 1.82) is 0 Å². The van der Waals surface area contributed by atoms with Crippen molar-refractivity contribution in [3.63, 3.8) is 0 Å². The van der Waals surface area contributed by atoms with Gasteiger partial charge in [0.25, 0.3) is 5.91 Å². The second-order valence-electron chi connectivity index (χ2n) is 8.51. The fraction of sp³-hybridized carbons (Fsp3) is 0.304. The van der Waals surface area contributed by atoms with Gasteiger partial charge in [0, 0.05) is 35.1 Å². The highest BCUT2D eigenvalue weighted by molar-refractivity contribution is 7.91. The summed E-state index contributed by atoms with van der Waals surface area (Å²) in [5.74, 6) is -0.965. The van der Waals surface area contributed by atoms with Gasteiger partial charge in [-0.2, -0.15) is 0 Å². The molecule has 0 bridgehead atoms. The summed E-state index contributed by atoms with van der Waals surface area (Å²) in [7, 11) is -4.04. The maximum atomic E-state index is 13.8. The fourth-order valence-corrected chi connectivity index (χ4v) is 6.32. The molecule has 1 aliphatic heterocycles. The third-order valence-corrected chi connectivity index (χ3v) is 7.75. The fourth-order valence-electron chi connectivity index (χ4n) is 4.36. The van der Waals surface area contributed by atoms with Crippen molar-refractivity contribution in [3.05, 3.63) is 58.2 Å². The standard InChI is InChI=1S/C23H25ClN4O4S/c1-13-7-14(2)9-17(8-13)33(31,32)22-18-10-15(24)3-4-19(18)27-21(22)23(30)26-16-5-6-28(11-16)12-20(25)29/h3-4,7-10,16,27H,5-6,11-12H2,1-2H3,(H2,25,29)(H,26,30)/t16-/m0/s1. The number of primary amides is 1. The molecule has 1 aromatic heterocycles. The van der Waals surface area contributed by atoms with Crippen LogP contribution in [0.3, 0.4) is 0 Å². The maximum absolute atomic E-state index is 13.8. The highest BCUT2D eigenvalue weighted by atomic mass is 35.5. The van der Waals surface area contributed by atoms with Crippen molar-refractivity contribution in [2.45, 2.75) is 36.1 Å². The number of amides is 2. The molecule has 3 aromatic rings. The van der Waals surface area contributed by atoms with Crippen LogP contribution >= 0.6 is 11.6 Å². The Kier molecular flexibility index (Phi) is 6.22. The minimum atomic E-state index is -4.04. The van der Waals surface area contributed by atoms with E-state index in [-0.39, 0.29) is 28.1 Å². The SMILES string of the molecule is Cc1cc(C)cc(S(=O)(=O)c2c(C(=O)N[C@H]3CCN(CC(N)=O)C3)[nH]c3ccc(Cl)cc23)c1. The van der Waals surface area contributed by atoms with Gasteiger partial charge in [-0.05, 0) is 61.7 Å². The number of aromatic amines is 1. The number of carbonyl (C=O) groups is 2. The quantitative estimate of drug-likeness (QED) is 0.491. The average Bonchev–Trinajstić information content (AvgIpc) is 3.30. The van der Waals surface area contributed by atoms with Crippen LogP contribution in [-0.4, -0.2) is 55.8 Å². The Labute approximate surface area is 197 Å². The van der Waals surface area contributed by atoms with Crippen LogP contribution < -0.4 is 11.1 Å². The summed E-state index contributed by atoms with van der Waals surface area (Å²) in [5, 5.41) is 3.62. The molecule has 1 fully saturated rings. The number of H-pyrrole nitrogens is 1. The summed E-state index contributed by atoms with van der Waals surface area (Å²) in [6.45, 7) is 4.83. The third kappa shape index (κ3) is 4.75. The van der Waals surface area contributed by atoms with Gasteiger partial charge in [-0.15, -0.1) is 0 Å². The lowest BCUT2D eigenvalue weighted by Crippen LogP contribution is -2.39. The lowest BCUT2D eigenvalue weighted by molar-refractivity contribution is -0.118. The maximum Gasteiger partial charge on any atom is 0.269 e. The zero-order valence-corrected chi connectivity index (χ0v) is 19.9. The van der Waals surface area contributed by atoms with Crippen molar-refractivity contribution in [2.24, 2.45) is 5.73 Å². The van der Waals surface area contributed by atoms with E-state index in [1.54, 1.807) is 30.3 Å². The lowest BCUT2D eigenvalue weighted by atomic mass is 10.2. The molecule has 8 nitrogen and oxygen atoms in total. The molecule has 1 atom stereocenters. The van der Waals surface area contributed by atoms with Crippen LogP contribution in [0, 0.1) is 13.8 Å². The van der Waals surface area contributed by atoms with Gasteiger partial charge in [0.15, 0.2) is 0 Å². The van der Waals surface area contributed by atoms with Crippen LogP contribution in [0.15, 0.2) is 46.2 Å². The summed E-state index contributed by atoms with van der Waals surface area (Å²) in [4.78, 5) is 29.3. The number of fused-ring (bicyclic) bond motifs is 1. The van der Waals surface area contributed by atoms with Crippen LogP contribution in [0.25, 0.3) is 10.9 Å². The number of carbonyl (C=O) groups excluding carboxylic acids is 2. The molecule has 2 amide bonds. The second kappa shape index (κ2) is 8.81. The number of halogens is 1. The molecule has 10 heteroatoms. The van der Waals surface area contributed by atoms with E-state index in [1.807, 2.05) is 24.8 Å². The van der Waals surface area contributed by atoms with Crippen LogP contribution in [0.5, 0.6) is 0 Å². The number of sulfone groups is 1. The highest BCUT2D eigenvalue weighted by Gasteiger charge is 2.32. The van der Waals surface area contributed by atoms with Gasteiger partial charge in [0.05, 0.1) is 11.4 Å². The largest absolute Gasteiger partial charge is 0.369 e. The molecule has 0 aliphatic carbocycles. The van der Waals surface area contributed by atoms with Crippen molar-refractivity contribution in [3.8, 4) is 0 Å². The average molecular weight is 489 g/mol. The molecule has 2 aromatic carbocycles. The number of aromatic nitrogens is 1. The third-order valence-electron chi connectivity index (χ3n) is 5.70. The minimum Gasteiger partial charge on any atom is -0.369 e. The number of benzene rings is 2. The Morgan fingerprint density at radius 1 is 1.18 bits per heavy atom. The summed E-state index contributed by atoms with van der Waals surface area (Å²) >= 11 is 6.17. The molecule has 0 saturated carbocycles. The first kappa shape index (κ1) is 23.3. The number of hydrogen-bond donors (Lipinski definition) is 3. The van der Waals surface area contributed by atoms with E-state index in [9.17, 15) is 18.0 Å². The smallest absolute Gasteiger partial charge is 0.269 e. The van der Waals surface area contributed by atoms with E-state index >= 15 is 0 Å². The monoisotopic (exact) mass is 488 g/mol. The summed E-state index contributed by atoms with van der Waals surface area (Å²) < 4.78 is 27.5. The zero-order chi connectivity index (χ0) is 23.9. The van der Waals surface area contributed by atoms with Gasteiger partial charge in [0.2, 0.25) is 15.7 Å². The van der Waals surface area contributed by atoms with Crippen LogP contribution in [0.4, 0.5) is 0 Å². The van der Waals surface area contributed by atoms with E-state index in [2.05, 4.69) is 10.3 Å². The van der Waals surface area contributed by atoms with E-state index in [4.69, 9.17) is 17.3 Å². The number of nitrogens with one attached hydrogen (secondary N) is 2. The van der Waals surface area contributed by atoms with Crippen molar-refractivity contribution in [1.82, 2.24) is 15.2 Å². The van der Waals surface area contributed by atoms with Gasteiger partial charge in [-0.3, -0.25) is 14.5 Å². The van der Waals surface area contributed by atoms with Crippen LogP contribution in [-0.2, 0) is 14.6 Å². The number of nitrogens with two attached hydrogens (primary N) is 1. The van der Waals surface area contributed by atoms with Gasteiger partial charge < -0.3 is 16.0 Å². The molecule has 4 rings (SSSR count). The first-order chi connectivity index (χ1) is 15.5. The topological polar surface area (TPSA) is 125 Å². The van der Waals surface area contributed by atoms with E-state index in [1.165, 1.54) is 0 Å². The minimum absolute atomic E-state index is 0.0419. The van der Waals surface area contributed by atoms with Crippen molar-refractivity contribution >= 4 is 44.2 Å². The molecular weight excluding hydrogens is 464 g/mol. The Morgan fingerprint density at radius 3 is 2.55 bits per heavy atom. The number of likely N-dealkylation sites (tertiary alicyclic amines) is 1. The second-order valence-corrected chi connectivity index (χ2v) is 10.8. The summed E-state index contributed by atoms with van der Waals surface area (Å²) in [6.07, 6.45) is 0.629. The van der Waals surface area contributed by atoms with Gasteiger partial charge in [0.1, 0.15) is 10.6 Å². The molecule has 1 saturated heterocycles. The van der Waals surface area contributed by atoms with Crippen molar-refractivity contribution in [2.75, 3.05) is 19.6 Å². The number of hydrogen-bond acceptors (Lipinski definition) is 5. The molecule has 2 heterocycles. The van der Waals surface area contributed by atoms with Crippen molar-refractivity contribution < 1.29 is 18.0 Å². The first-order valence-corrected chi connectivity index (χ1v) is 12.4. The van der Waals surface area contributed by atoms with Gasteiger partial charge in [-0.25, -0.2) is 8.42 Å². The number of aryl methyl sites for hydroxylation is 2. The predicted octanol–water partition coefficient (Wildman–Crippen LogP) is 2.56. The van der Waals surface area contributed by atoms with E-state index in [0.717, 1.165) is 11.1 Å². The number of nitrogens with zero attached hydrogens (tertiary/aromatic N) is 1. The molecule has 4 N–H and O–H groups in total. The predicted molar refractivity (Wildman–Crippen MR) is 126 cm³/mol. The van der Waals surface area contributed by atoms with E-state index < -0.39 is 21.7 Å². The lowest BCUT2D eigenvalue weighted by Gasteiger charge is -2.15. The van der Waals surface area contributed by atoms with E-state index in [0.29, 0.717) is 35.4 Å². The molecule has 1 aliphatic rings. The Balaban J connectivity index is 1.76. The molecular formula is C23H25ClN4O4S. The highest BCUT2D eigenvalue weighted by Crippen LogP contribution is 2.34. The molecule has 0 radical (unpaired) electrons. The molecule has 0 unspecified atom stereocenters. The van der Waals surface area contributed by atoms with Crippen LogP contribution in [0.1, 0.15) is 28.0 Å². The Hall–Kier alpha value is -2.88. The normalized spacial score (nSPS) is 16.9. The number of rotatable bonds is 6. The Bertz CT molecular complexity index is 1350. The summed E-state index contributed by atoms with van der Waals surface area (Å²) in [5.41, 5.74) is 7.32. The zero-order valence-electron chi connectivity index (χ0n) is 18.3. The summed E-state index contributed by atoms with van der Waals surface area (Å²) in [6, 6.07) is 9.66. The molecule has 0 spiro atoms. The Morgan fingerprint density at radius 2 is 1.88 bits per heavy atom.